The highest BCUT2D eigenvalue weighted by molar-refractivity contribution is 5.88. The third-order valence-corrected chi connectivity index (χ3v) is 2.81. The monoisotopic (exact) mass is 216 g/mol. The molecule has 1 aromatic carbocycles. The summed E-state index contributed by atoms with van der Waals surface area (Å²) in [6.07, 6.45) is 4.38. The molecule has 0 saturated heterocycles. The largest absolute Gasteiger partial charge is 0.495 e. The smallest absolute Gasteiger partial charge is 0.142 e. The van der Waals surface area contributed by atoms with E-state index < -0.39 is 0 Å². The molecule has 3 nitrogen and oxygen atoms in total. The lowest BCUT2D eigenvalue weighted by Crippen LogP contribution is -1.99. The number of hydrogen-bond acceptors (Lipinski definition) is 2. The maximum atomic E-state index is 7.24. The van der Waals surface area contributed by atoms with E-state index in [4.69, 9.17) is 10.1 Å². The van der Waals surface area contributed by atoms with Crippen molar-refractivity contribution in [1.29, 1.82) is 5.41 Å². The van der Waals surface area contributed by atoms with Crippen LogP contribution in [0.15, 0.2) is 24.4 Å². The van der Waals surface area contributed by atoms with E-state index in [1.165, 1.54) is 17.2 Å². The van der Waals surface area contributed by atoms with Gasteiger partial charge in [-0.05, 0) is 30.2 Å². The van der Waals surface area contributed by atoms with Crippen molar-refractivity contribution in [3.05, 3.63) is 30.0 Å². The van der Waals surface area contributed by atoms with Gasteiger partial charge in [0.1, 0.15) is 5.75 Å². The average Bonchev–Trinajstić information content (AvgIpc) is 2.72. The average molecular weight is 216 g/mol. The maximum absolute atomic E-state index is 7.24. The van der Waals surface area contributed by atoms with E-state index in [0.717, 1.165) is 17.7 Å². The molecule has 1 aromatic heterocycles. The molecule has 16 heavy (non-hydrogen) atoms. The fourth-order valence-corrected chi connectivity index (χ4v) is 1.93. The number of aromatic amines is 1. The number of fused-ring (bicyclic) bond motifs is 1. The van der Waals surface area contributed by atoms with Gasteiger partial charge in [0.05, 0.1) is 12.6 Å². The summed E-state index contributed by atoms with van der Waals surface area (Å²) in [6, 6.07) is 6.02. The minimum Gasteiger partial charge on any atom is -0.495 e. The summed E-state index contributed by atoms with van der Waals surface area (Å²) in [5.74, 6) is 1.14. The zero-order chi connectivity index (χ0) is 11.5. The molecule has 2 rings (SSSR count). The Hall–Kier alpha value is -1.77. The third kappa shape index (κ3) is 1.81. The molecule has 2 aromatic rings. The Kier molecular flexibility index (Phi) is 2.95. The lowest BCUT2D eigenvalue weighted by Gasteiger charge is -2.04. The van der Waals surface area contributed by atoms with Gasteiger partial charge in [-0.15, -0.1) is 0 Å². The Morgan fingerprint density at radius 2 is 2.31 bits per heavy atom. The van der Waals surface area contributed by atoms with Crippen LogP contribution in [0, 0.1) is 11.3 Å². The second-order valence-electron chi connectivity index (χ2n) is 4.04. The zero-order valence-electron chi connectivity index (χ0n) is 9.58. The van der Waals surface area contributed by atoms with E-state index >= 15 is 0 Å². The first-order valence-electron chi connectivity index (χ1n) is 5.39. The van der Waals surface area contributed by atoms with Crippen LogP contribution in [0.5, 0.6) is 5.75 Å². The Morgan fingerprint density at radius 3 is 3.00 bits per heavy atom. The molecule has 0 fully saturated rings. The molecule has 0 saturated carbocycles. The highest BCUT2D eigenvalue weighted by Gasteiger charge is 2.09. The van der Waals surface area contributed by atoms with Gasteiger partial charge in [-0.1, -0.05) is 19.1 Å². The molecule has 0 aliphatic heterocycles. The normalized spacial score (nSPS) is 12.6. The minimum absolute atomic E-state index is 0.269. The van der Waals surface area contributed by atoms with E-state index in [1.807, 2.05) is 25.3 Å². The van der Waals surface area contributed by atoms with Gasteiger partial charge >= 0.3 is 0 Å². The first-order valence-corrected chi connectivity index (χ1v) is 5.39. The van der Waals surface area contributed by atoms with Gasteiger partial charge in [0.25, 0.3) is 0 Å². The number of methoxy groups -OCH3 is 1. The molecule has 0 aliphatic carbocycles. The Bertz CT molecular complexity index is 502. The number of hydrogen-bond donors (Lipinski definition) is 2. The predicted molar refractivity (Wildman–Crippen MR) is 66.5 cm³/mol. The number of ether oxygens (including phenoxy) is 1. The lowest BCUT2D eigenvalue weighted by molar-refractivity contribution is 0.419. The van der Waals surface area contributed by atoms with E-state index in [2.05, 4.69) is 11.1 Å². The van der Waals surface area contributed by atoms with Crippen molar-refractivity contribution in [3.63, 3.8) is 0 Å². The van der Waals surface area contributed by atoms with Crippen LogP contribution >= 0.6 is 0 Å². The van der Waals surface area contributed by atoms with Gasteiger partial charge in [-0.2, -0.15) is 0 Å². The molecule has 1 unspecified atom stereocenters. The summed E-state index contributed by atoms with van der Waals surface area (Å²) in [6.45, 7) is 2.05. The second-order valence-corrected chi connectivity index (χ2v) is 4.04. The topological polar surface area (TPSA) is 48.9 Å². The SMILES string of the molecule is COc1cccc2c(CC(C)C=N)c[nH]c12. The molecular weight excluding hydrogens is 200 g/mol. The second kappa shape index (κ2) is 4.39. The molecule has 0 amide bonds. The van der Waals surface area contributed by atoms with E-state index in [9.17, 15) is 0 Å². The van der Waals surface area contributed by atoms with Crippen molar-refractivity contribution < 1.29 is 4.74 Å². The summed E-state index contributed by atoms with van der Waals surface area (Å²) >= 11 is 0. The van der Waals surface area contributed by atoms with E-state index in [1.54, 1.807) is 7.11 Å². The number of para-hydroxylation sites is 1. The van der Waals surface area contributed by atoms with E-state index in [-0.39, 0.29) is 5.92 Å². The maximum Gasteiger partial charge on any atom is 0.142 e. The number of nitrogens with one attached hydrogen (secondary N) is 2. The predicted octanol–water partition coefficient (Wildman–Crippen LogP) is 3.00. The molecule has 1 atom stereocenters. The molecular formula is C13H16N2O. The molecule has 1 heterocycles. The van der Waals surface area contributed by atoms with Crippen molar-refractivity contribution >= 4 is 17.1 Å². The summed E-state index contributed by atoms with van der Waals surface area (Å²) in [5, 5.41) is 8.43. The standard InChI is InChI=1S/C13H16N2O/c1-9(7-14)6-10-8-15-13-11(10)4-3-5-12(13)16-2/h3-5,7-9,14-15H,6H2,1-2H3. The van der Waals surface area contributed by atoms with Crippen molar-refractivity contribution in [1.82, 2.24) is 4.98 Å². The molecule has 0 aliphatic rings. The van der Waals surface area contributed by atoms with Crippen LogP contribution in [0.2, 0.25) is 0 Å². The van der Waals surface area contributed by atoms with Crippen LogP contribution in [0.1, 0.15) is 12.5 Å². The van der Waals surface area contributed by atoms with Crippen molar-refractivity contribution in [2.75, 3.05) is 7.11 Å². The van der Waals surface area contributed by atoms with Gasteiger partial charge in [0.15, 0.2) is 0 Å². The van der Waals surface area contributed by atoms with Gasteiger partial charge in [-0.25, -0.2) is 0 Å². The van der Waals surface area contributed by atoms with Crippen LogP contribution in [0.25, 0.3) is 10.9 Å². The fraction of sp³-hybridized carbons (Fsp3) is 0.308. The zero-order valence-corrected chi connectivity index (χ0v) is 9.58. The minimum atomic E-state index is 0.269. The van der Waals surface area contributed by atoms with Crippen LogP contribution in [-0.2, 0) is 6.42 Å². The highest BCUT2D eigenvalue weighted by Crippen LogP contribution is 2.27. The quantitative estimate of drug-likeness (QED) is 0.758. The van der Waals surface area contributed by atoms with Crippen LogP contribution in [0.3, 0.4) is 0 Å². The van der Waals surface area contributed by atoms with Gasteiger partial charge in [0, 0.05) is 11.6 Å². The first kappa shape index (κ1) is 10.7. The van der Waals surface area contributed by atoms with Gasteiger partial charge < -0.3 is 15.1 Å². The van der Waals surface area contributed by atoms with Gasteiger partial charge in [0.2, 0.25) is 0 Å². The van der Waals surface area contributed by atoms with Crippen LogP contribution in [-0.4, -0.2) is 18.3 Å². The van der Waals surface area contributed by atoms with Crippen molar-refractivity contribution in [3.8, 4) is 5.75 Å². The first-order chi connectivity index (χ1) is 7.76. The number of H-pyrrole nitrogens is 1. The Balaban J connectivity index is 2.44. The van der Waals surface area contributed by atoms with Crippen LogP contribution in [0.4, 0.5) is 0 Å². The number of rotatable bonds is 4. The molecule has 0 bridgehead atoms. The Morgan fingerprint density at radius 1 is 1.50 bits per heavy atom. The molecule has 2 N–H and O–H groups in total. The van der Waals surface area contributed by atoms with E-state index in [0.29, 0.717) is 0 Å². The number of aromatic nitrogens is 1. The molecule has 84 valence electrons. The number of benzene rings is 1. The summed E-state index contributed by atoms with van der Waals surface area (Å²) < 4.78 is 5.30. The Labute approximate surface area is 94.9 Å². The summed E-state index contributed by atoms with van der Waals surface area (Å²) in [5.41, 5.74) is 2.28. The third-order valence-electron chi connectivity index (χ3n) is 2.81. The lowest BCUT2D eigenvalue weighted by atomic mass is 10.0. The highest BCUT2D eigenvalue weighted by atomic mass is 16.5. The summed E-state index contributed by atoms with van der Waals surface area (Å²) in [4.78, 5) is 3.24. The van der Waals surface area contributed by atoms with Crippen LogP contribution < -0.4 is 4.74 Å². The van der Waals surface area contributed by atoms with Crippen molar-refractivity contribution in [2.24, 2.45) is 5.92 Å². The fourth-order valence-electron chi connectivity index (χ4n) is 1.93. The molecule has 3 heteroatoms. The molecule has 0 radical (unpaired) electrons. The molecule has 0 spiro atoms. The van der Waals surface area contributed by atoms with Gasteiger partial charge in [-0.3, -0.25) is 0 Å². The summed E-state index contributed by atoms with van der Waals surface area (Å²) in [7, 11) is 1.68. The van der Waals surface area contributed by atoms with Crippen molar-refractivity contribution in [2.45, 2.75) is 13.3 Å².